The van der Waals surface area contributed by atoms with Gasteiger partial charge in [-0.3, -0.25) is 0 Å². The van der Waals surface area contributed by atoms with Crippen molar-refractivity contribution in [2.45, 2.75) is 38.1 Å². The third-order valence-electron chi connectivity index (χ3n) is 4.04. The summed E-state index contributed by atoms with van der Waals surface area (Å²) in [5.74, 6) is 1.23. The molecule has 1 heterocycles. The second kappa shape index (κ2) is 4.55. The lowest BCUT2D eigenvalue weighted by molar-refractivity contribution is 0.174. The van der Waals surface area contributed by atoms with E-state index in [0.29, 0.717) is 16.5 Å². The van der Waals surface area contributed by atoms with Crippen molar-refractivity contribution in [1.82, 2.24) is 0 Å². The van der Waals surface area contributed by atoms with Crippen molar-refractivity contribution in [1.29, 1.82) is 0 Å². The van der Waals surface area contributed by atoms with E-state index in [4.69, 9.17) is 21.1 Å². The molecular weight excluding hydrogens is 266 g/mol. The van der Waals surface area contributed by atoms with Gasteiger partial charge in [-0.1, -0.05) is 24.4 Å². The SMILES string of the molecule is Cc1c(C2(N=C=O)CCCC2)cc2c(c1Cl)OCO2. The summed E-state index contributed by atoms with van der Waals surface area (Å²) in [6.45, 7) is 2.11. The van der Waals surface area contributed by atoms with Gasteiger partial charge in [-0.15, -0.1) is 0 Å². The summed E-state index contributed by atoms with van der Waals surface area (Å²) >= 11 is 6.34. The number of nitrogens with zero attached hydrogens (tertiary/aromatic N) is 1. The zero-order chi connectivity index (χ0) is 13.5. The van der Waals surface area contributed by atoms with Crippen LogP contribution in [-0.2, 0) is 10.3 Å². The van der Waals surface area contributed by atoms with Crippen molar-refractivity contribution in [2.24, 2.45) is 4.99 Å². The second-order valence-corrected chi connectivity index (χ2v) is 5.42. The van der Waals surface area contributed by atoms with E-state index in [-0.39, 0.29) is 6.79 Å². The highest BCUT2D eigenvalue weighted by molar-refractivity contribution is 6.33. The molecule has 0 N–H and O–H groups in total. The molecule has 19 heavy (non-hydrogen) atoms. The Morgan fingerprint density at radius 2 is 2.11 bits per heavy atom. The minimum Gasteiger partial charge on any atom is -0.454 e. The first-order valence-corrected chi connectivity index (χ1v) is 6.74. The van der Waals surface area contributed by atoms with Gasteiger partial charge in [-0.25, -0.2) is 4.79 Å². The van der Waals surface area contributed by atoms with Gasteiger partial charge in [0.25, 0.3) is 0 Å². The number of halogens is 1. The molecule has 0 aromatic heterocycles. The van der Waals surface area contributed by atoms with Gasteiger partial charge in [0.15, 0.2) is 11.5 Å². The first-order valence-electron chi connectivity index (χ1n) is 6.36. The minimum atomic E-state index is -0.490. The van der Waals surface area contributed by atoms with E-state index in [9.17, 15) is 4.79 Å². The maximum absolute atomic E-state index is 10.8. The zero-order valence-corrected chi connectivity index (χ0v) is 11.4. The van der Waals surface area contributed by atoms with Crippen LogP contribution in [0.2, 0.25) is 5.02 Å². The summed E-state index contributed by atoms with van der Waals surface area (Å²) in [6.07, 6.45) is 5.52. The van der Waals surface area contributed by atoms with Gasteiger partial charge in [-0.2, -0.15) is 4.99 Å². The molecule has 0 spiro atoms. The van der Waals surface area contributed by atoms with Gasteiger partial charge >= 0.3 is 0 Å². The summed E-state index contributed by atoms with van der Waals surface area (Å²) in [5.41, 5.74) is 1.38. The van der Waals surface area contributed by atoms with E-state index in [1.807, 2.05) is 13.0 Å². The maximum Gasteiger partial charge on any atom is 0.235 e. The van der Waals surface area contributed by atoms with E-state index in [0.717, 1.165) is 36.8 Å². The molecule has 1 aromatic rings. The topological polar surface area (TPSA) is 47.9 Å². The lowest BCUT2D eigenvalue weighted by atomic mass is 9.85. The van der Waals surface area contributed by atoms with Gasteiger partial charge in [-0.05, 0) is 37.0 Å². The van der Waals surface area contributed by atoms with E-state index < -0.39 is 5.54 Å². The second-order valence-electron chi connectivity index (χ2n) is 5.04. The van der Waals surface area contributed by atoms with Crippen LogP contribution in [0.4, 0.5) is 0 Å². The normalized spacial score (nSPS) is 19.3. The molecular formula is C14H14ClNO3. The van der Waals surface area contributed by atoms with Crippen LogP contribution in [0, 0.1) is 6.92 Å². The van der Waals surface area contributed by atoms with Gasteiger partial charge in [0, 0.05) is 0 Å². The predicted molar refractivity (Wildman–Crippen MR) is 70.6 cm³/mol. The summed E-state index contributed by atoms with van der Waals surface area (Å²) in [4.78, 5) is 14.9. The number of hydrogen-bond acceptors (Lipinski definition) is 4. The fraction of sp³-hybridized carbons (Fsp3) is 0.500. The van der Waals surface area contributed by atoms with E-state index >= 15 is 0 Å². The number of hydrogen-bond donors (Lipinski definition) is 0. The Morgan fingerprint density at radius 1 is 1.37 bits per heavy atom. The Labute approximate surface area is 116 Å². The molecule has 3 rings (SSSR count). The average Bonchev–Trinajstić information content (AvgIpc) is 3.03. The first-order chi connectivity index (χ1) is 9.18. The van der Waals surface area contributed by atoms with Crippen molar-refractivity contribution >= 4 is 17.7 Å². The Kier molecular flexibility index (Phi) is 3.00. The summed E-state index contributed by atoms with van der Waals surface area (Å²) in [6, 6.07) is 1.91. The third-order valence-corrected chi connectivity index (χ3v) is 4.50. The molecule has 0 amide bonds. The molecule has 5 heteroatoms. The van der Waals surface area contributed by atoms with Crippen LogP contribution >= 0.6 is 11.6 Å². The van der Waals surface area contributed by atoms with Crippen molar-refractivity contribution in [2.75, 3.05) is 6.79 Å². The maximum atomic E-state index is 10.8. The van der Waals surface area contributed by atoms with Gasteiger partial charge in [0.1, 0.15) is 0 Å². The quantitative estimate of drug-likeness (QED) is 0.615. The lowest BCUT2D eigenvalue weighted by Crippen LogP contribution is -2.20. The monoisotopic (exact) mass is 279 g/mol. The molecule has 1 saturated carbocycles. The van der Waals surface area contributed by atoms with Crippen LogP contribution in [0.1, 0.15) is 36.8 Å². The first kappa shape index (κ1) is 12.5. The molecule has 1 fully saturated rings. The highest BCUT2D eigenvalue weighted by atomic mass is 35.5. The molecule has 0 saturated heterocycles. The molecule has 1 aliphatic heterocycles. The summed E-state index contributed by atoms with van der Waals surface area (Å²) in [5, 5.41) is 0.553. The lowest BCUT2D eigenvalue weighted by Gasteiger charge is -2.25. The van der Waals surface area contributed by atoms with Gasteiger partial charge in [0.2, 0.25) is 12.9 Å². The van der Waals surface area contributed by atoms with Crippen molar-refractivity contribution in [3.05, 3.63) is 22.2 Å². The standard InChI is InChI=1S/C14H14ClNO3/c1-9-10(14(16-7-17)4-2-3-5-14)6-11-13(12(9)15)19-8-18-11/h6H,2-5,8H2,1H3. The molecule has 2 aliphatic rings. The van der Waals surface area contributed by atoms with E-state index in [2.05, 4.69) is 4.99 Å². The molecule has 0 bridgehead atoms. The summed E-state index contributed by atoms with van der Waals surface area (Å²) in [7, 11) is 0. The number of aliphatic imine (C=N–C) groups is 1. The Bertz CT molecular complexity index is 573. The molecule has 1 aromatic carbocycles. The van der Waals surface area contributed by atoms with E-state index in [1.54, 1.807) is 6.08 Å². The van der Waals surface area contributed by atoms with E-state index in [1.165, 1.54) is 0 Å². The van der Waals surface area contributed by atoms with Crippen LogP contribution in [0.5, 0.6) is 11.5 Å². The number of ether oxygens (including phenoxy) is 2. The highest BCUT2D eigenvalue weighted by Crippen LogP contribution is 2.50. The van der Waals surface area contributed by atoms with Crippen LogP contribution in [-0.4, -0.2) is 12.9 Å². The largest absolute Gasteiger partial charge is 0.454 e. The third kappa shape index (κ3) is 1.83. The Morgan fingerprint density at radius 3 is 2.79 bits per heavy atom. The van der Waals surface area contributed by atoms with Crippen molar-refractivity contribution in [3.8, 4) is 11.5 Å². The number of fused-ring (bicyclic) bond motifs is 1. The zero-order valence-electron chi connectivity index (χ0n) is 10.7. The van der Waals surface area contributed by atoms with Gasteiger partial charge < -0.3 is 9.47 Å². The fourth-order valence-corrected chi connectivity index (χ4v) is 3.32. The fourth-order valence-electron chi connectivity index (χ4n) is 3.07. The van der Waals surface area contributed by atoms with Gasteiger partial charge in [0.05, 0.1) is 10.6 Å². The summed E-state index contributed by atoms with van der Waals surface area (Å²) < 4.78 is 10.8. The molecule has 1 aliphatic carbocycles. The molecule has 0 radical (unpaired) electrons. The Hall–Kier alpha value is -1.51. The van der Waals surface area contributed by atoms with Crippen LogP contribution in [0.15, 0.2) is 11.1 Å². The molecule has 0 atom stereocenters. The van der Waals surface area contributed by atoms with Crippen LogP contribution in [0.3, 0.4) is 0 Å². The smallest absolute Gasteiger partial charge is 0.235 e. The molecule has 0 unspecified atom stereocenters. The van der Waals surface area contributed by atoms with Crippen molar-refractivity contribution < 1.29 is 14.3 Å². The van der Waals surface area contributed by atoms with Crippen LogP contribution < -0.4 is 9.47 Å². The number of carbonyl (C=O) groups excluding carboxylic acids is 1. The van der Waals surface area contributed by atoms with Crippen molar-refractivity contribution in [3.63, 3.8) is 0 Å². The molecule has 100 valence electrons. The number of rotatable bonds is 2. The average molecular weight is 280 g/mol. The minimum absolute atomic E-state index is 0.182. The predicted octanol–water partition coefficient (Wildman–Crippen LogP) is 3.48. The molecule has 4 nitrogen and oxygen atoms in total. The Balaban J connectivity index is 2.19. The number of benzene rings is 1. The highest BCUT2D eigenvalue weighted by Gasteiger charge is 2.39. The van der Waals surface area contributed by atoms with Crippen LogP contribution in [0.25, 0.3) is 0 Å². The number of isocyanates is 1.